The first kappa shape index (κ1) is 11.5. The van der Waals surface area contributed by atoms with Crippen LogP contribution < -0.4 is 5.32 Å². The average molecular weight is 249 g/mol. The van der Waals surface area contributed by atoms with Crippen LogP contribution in [-0.4, -0.2) is 16.5 Å². The lowest BCUT2D eigenvalue weighted by atomic mass is 10.2. The third kappa shape index (κ3) is 3.01. The van der Waals surface area contributed by atoms with E-state index in [4.69, 9.17) is 0 Å². The van der Waals surface area contributed by atoms with Gasteiger partial charge in [-0.05, 0) is 6.07 Å². The topological polar surface area (TPSA) is 68.1 Å². The van der Waals surface area contributed by atoms with Gasteiger partial charge in [-0.1, -0.05) is 12.1 Å². The van der Waals surface area contributed by atoms with Gasteiger partial charge in [0.25, 0.3) is 5.69 Å². The predicted molar refractivity (Wildman–Crippen MR) is 67.4 cm³/mol. The third-order valence-electron chi connectivity index (χ3n) is 2.24. The molecule has 0 aliphatic rings. The number of anilines is 1. The normalized spacial score (nSPS) is 10.1. The van der Waals surface area contributed by atoms with E-state index in [2.05, 4.69) is 10.3 Å². The Morgan fingerprint density at radius 3 is 2.94 bits per heavy atom. The van der Waals surface area contributed by atoms with Crippen molar-refractivity contribution < 1.29 is 4.92 Å². The smallest absolute Gasteiger partial charge is 0.292 e. The van der Waals surface area contributed by atoms with Gasteiger partial charge in [-0.2, -0.15) is 0 Å². The summed E-state index contributed by atoms with van der Waals surface area (Å²) in [5, 5.41) is 16.8. The zero-order valence-corrected chi connectivity index (χ0v) is 9.81. The highest BCUT2D eigenvalue weighted by Gasteiger charge is 2.11. The molecule has 0 amide bonds. The van der Waals surface area contributed by atoms with Crippen molar-refractivity contribution in [2.75, 3.05) is 11.9 Å². The molecule has 0 fully saturated rings. The van der Waals surface area contributed by atoms with Crippen LogP contribution >= 0.6 is 11.3 Å². The summed E-state index contributed by atoms with van der Waals surface area (Å²) in [4.78, 5) is 14.5. The Hall–Kier alpha value is -1.95. The molecule has 0 radical (unpaired) electrons. The maximum atomic E-state index is 10.8. The van der Waals surface area contributed by atoms with Gasteiger partial charge in [0, 0.05) is 30.6 Å². The van der Waals surface area contributed by atoms with E-state index in [1.54, 1.807) is 35.7 Å². The number of hydrogen-bond donors (Lipinski definition) is 1. The molecule has 1 heterocycles. The zero-order valence-electron chi connectivity index (χ0n) is 9.00. The van der Waals surface area contributed by atoms with Crippen molar-refractivity contribution in [1.29, 1.82) is 0 Å². The molecule has 2 aromatic rings. The number of nitro groups is 1. The Labute approximate surface area is 102 Å². The fourth-order valence-electron chi connectivity index (χ4n) is 1.46. The Morgan fingerprint density at radius 1 is 1.41 bits per heavy atom. The third-order valence-corrected chi connectivity index (χ3v) is 3.08. The fraction of sp³-hybridized carbons (Fsp3) is 0.182. The van der Waals surface area contributed by atoms with Gasteiger partial charge in [-0.15, -0.1) is 11.3 Å². The highest BCUT2D eigenvalue weighted by Crippen LogP contribution is 2.22. The first-order valence-electron chi connectivity index (χ1n) is 5.13. The molecule has 5 nitrogen and oxygen atoms in total. The second-order valence-corrected chi connectivity index (χ2v) is 4.36. The molecule has 1 aromatic heterocycles. The number of benzene rings is 1. The van der Waals surface area contributed by atoms with Crippen molar-refractivity contribution in [1.82, 2.24) is 4.98 Å². The molecule has 1 N–H and O–H groups in total. The molecular formula is C11H11N3O2S. The predicted octanol–water partition coefficient (Wildman–Crippen LogP) is 2.71. The van der Waals surface area contributed by atoms with Crippen LogP contribution in [0.15, 0.2) is 35.8 Å². The lowest BCUT2D eigenvalue weighted by Crippen LogP contribution is -2.06. The van der Waals surface area contributed by atoms with Gasteiger partial charge in [0.15, 0.2) is 0 Å². The van der Waals surface area contributed by atoms with Crippen LogP contribution in [0.5, 0.6) is 0 Å². The number of nitrogens with zero attached hydrogens (tertiary/aromatic N) is 2. The standard InChI is InChI=1S/C11H11N3O2S/c15-14(16)10-4-2-1-3-9(10)12-6-5-11-13-7-8-17-11/h1-4,7-8,12H,5-6H2. The van der Waals surface area contributed by atoms with Crippen molar-refractivity contribution in [3.05, 3.63) is 51.0 Å². The van der Waals surface area contributed by atoms with Gasteiger partial charge in [0.1, 0.15) is 5.69 Å². The summed E-state index contributed by atoms with van der Waals surface area (Å²) in [6.07, 6.45) is 2.52. The van der Waals surface area contributed by atoms with E-state index < -0.39 is 0 Å². The number of nitro benzene ring substituents is 1. The monoisotopic (exact) mass is 249 g/mol. The number of thiazole rings is 1. The average Bonchev–Trinajstić information content (AvgIpc) is 2.82. The SMILES string of the molecule is O=[N+]([O-])c1ccccc1NCCc1nccs1. The molecule has 6 heteroatoms. The Morgan fingerprint density at radius 2 is 2.24 bits per heavy atom. The lowest BCUT2D eigenvalue weighted by Gasteiger charge is -2.05. The van der Waals surface area contributed by atoms with Crippen LogP contribution in [0, 0.1) is 10.1 Å². The largest absolute Gasteiger partial charge is 0.379 e. The van der Waals surface area contributed by atoms with Gasteiger partial charge in [0.2, 0.25) is 0 Å². The summed E-state index contributed by atoms with van der Waals surface area (Å²) in [6.45, 7) is 0.637. The molecule has 0 spiro atoms. The highest BCUT2D eigenvalue weighted by atomic mass is 32.1. The van der Waals surface area contributed by atoms with Crippen LogP contribution in [0.4, 0.5) is 11.4 Å². The van der Waals surface area contributed by atoms with Crippen LogP contribution in [0.3, 0.4) is 0 Å². The molecule has 0 saturated carbocycles. The summed E-state index contributed by atoms with van der Waals surface area (Å²) in [5.41, 5.74) is 0.653. The van der Waals surface area contributed by atoms with Crippen LogP contribution in [0.25, 0.3) is 0 Å². The van der Waals surface area contributed by atoms with E-state index in [9.17, 15) is 10.1 Å². The van der Waals surface area contributed by atoms with Crippen molar-refractivity contribution >= 4 is 22.7 Å². The minimum atomic E-state index is -0.383. The molecule has 17 heavy (non-hydrogen) atoms. The first-order valence-corrected chi connectivity index (χ1v) is 6.01. The Bertz CT molecular complexity index is 499. The molecule has 0 saturated heterocycles. The molecular weight excluding hydrogens is 238 g/mol. The molecule has 0 aliphatic carbocycles. The molecule has 0 aliphatic heterocycles. The summed E-state index contributed by atoms with van der Waals surface area (Å²) >= 11 is 1.58. The van der Waals surface area contributed by atoms with E-state index in [-0.39, 0.29) is 10.6 Å². The second kappa shape index (κ2) is 5.40. The van der Waals surface area contributed by atoms with E-state index >= 15 is 0 Å². The zero-order chi connectivity index (χ0) is 12.1. The van der Waals surface area contributed by atoms with Gasteiger partial charge >= 0.3 is 0 Å². The van der Waals surface area contributed by atoms with E-state index in [0.29, 0.717) is 12.2 Å². The maximum absolute atomic E-state index is 10.8. The number of hydrogen-bond acceptors (Lipinski definition) is 5. The van der Waals surface area contributed by atoms with Gasteiger partial charge in [-0.25, -0.2) is 4.98 Å². The van der Waals surface area contributed by atoms with Crippen LogP contribution in [0.2, 0.25) is 0 Å². The van der Waals surface area contributed by atoms with Crippen molar-refractivity contribution in [3.8, 4) is 0 Å². The molecule has 0 bridgehead atoms. The maximum Gasteiger partial charge on any atom is 0.292 e. The van der Waals surface area contributed by atoms with Gasteiger partial charge in [-0.3, -0.25) is 10.1 Å². The number of rotatable bonds is 5. The van der Waals surface area contributed by atoms with Gasteiger partial charge < -0.3 is 5.32 Å². The van der Waals surface area contributed by atoms with Crippen molar-refractivity contribution in [3.63, 3.8) is 0 Å². The van der Waals surface area contributed by atoms with Crippen molar-refractivity contribution in [2.45, 2.75) is 6.42 Å². The Kier molecular flexibility index (Phi) is 3.66. The Balaban J connectivity index is 1.97. The number of aromatic nitrogens is 1. The minimum absolute atomic E-state index is 0.103. The fourth-order valence-corrected chi connectivity index (χ4v) is 2.08. The number of nitrogens with one attached hydrogen (secondary N) is 1. The molecule has 2 rings (SSSR count). The number of para-hydroxylation sites is 2. The van der Waals surface area contributed by atoms with Crippen molar-refractivity contribution in [2.24, 2.45) is 0 Å². The summed E-state index contributed by atoms with van der Waals surface area (Å²) < 4.78 is 0. The van der Waals surface area contributed by atoms with Crippen LogP contribution in [-0.2, 0) is 6.42 Å². The highest BCUT2D eigenvalue weighted by molar-refractivity contribution is 7.09. The van der Waals surface area contributed by atoms with E-state index in [1.165, 1.54) is 6.07 Å². The molecule has 88 valence electrons. The first-order chi connectivity index (χ1) is 8.27. The van der Waals surface area contributed by atoms with E-state index in [1.807, 2.05) is 5.38 Å². The van der Waals surface area contributed by atoms with E-state index in [0.717, 1.165) is 11.4 Å². The van der Waals surface area contributed by atoms with Gasteiger partial charge in [0.05, 0.1) is 9.93 Å². The summed E-state index contributed by atoms with van der Waals surface area (Å²) in [6, 6.07) is 6.63. The molecule has 0 unspecified atom stereocenters. The summed E-state index contributed by atoms with van der Waals surface area (Å²) in [5.74, 6) is 0. The van der Waals surface area contributed by atoms with Crippen LogP contribution in [0.1, 0.15) is 5.01 Å². The second-order valence-electron chi connectivity index (χ2n) is 3.38. The lowest BCUT2D eigenvalue weighted by molar-refractivity contribution is -0.384. The summed E-state index contributed by atoms with van der Waals surface area (Å²) in [7, 11) is 0. The quantitative estimate of drug-likeness (QED) is 0.653. The minimum Gasteiger partial charge on any atom is -0.379 e. The molecule has 0 atom stereocenters. The molecule has 1 aromatic carbocycles.